The van der Waals surface area contributed by atoms with Crippen molar-refractivity contribution in [2.24, 2.45) is 0 Å². The van der Waals surface area contributed by atoms with Gasteiger partial charge in [-0.15, -0.1) is 0 Å². The molecule has 0 aliphatic heterocycles. The maximum Gasteiger partial charge on any atom is 0.254 e. The zero-order valence-corrected chi connectivity index (χ0v) is 9.29. The fraction of sp³-hybridized carbons (Fsp3) is 0.600. The van der Waals surface area contributed by atoms with Gasteiger partial charge in [-0.3, -0.25) is 9.48 Å². The highest BCUT2D eigenvalue weighted by Gasteiger charge is 2.06. The van der Waals surface area contributed by atoms with Crippen molar-refractivity contribution < 1.29 is 4.79 Å². The van der Waals surface area contributed by atoms with E-state index >= 15 is 0 Å². The zero-order valence-electron chi connectivity index (χ0n) is 9.29. The molecule has 0 fully saturated rings. The predicted octanol–water partition coefficient (Wildman–Crippen LogP) is 0.242. The van der Waals surface area contributed by atoms with Gasteiger partial charge in [0.15, 0.2) is 0 Å². The quantitative estimate of drug-likeness (QED) is 0.661. The Morgan fingerprint density at radius 3 is 2.87 bits per heavy atom. The minimum Gasteiger partial charge on any atom is -0.351 e. The molecule has 2 N–H and O–H groups in total. The van der Waals surface area contributed by atoms with Crippen molar-refractivity contribution in [2.75, 3.05) is 19.6 Å². The highest BCUT2D eigenvalue weighted by molar-refractivity contribution is 5.93. The number of hydrogen-bond acceptors (Lipinski definition) is 3. The molecule has 5 nitrogen and oxygen atoms in total. The summed E-state index contributed by atoms with van der Waals surface area (Å²) in [7, 11) is 0. The van der Waals surface area contributed by atoms with Crippen LogP contribution in [-0.2, 0) is 6.54 Å². The summed E-state index contributed by atoms with van der Waals surface area (Å²) in [5.74, 6) is -0.0624. The average Bonchev–Trinajstić information content (AvgIpc) is 2.72. The molecule has 0 unspecified atom stereocenters. The van der Waals surface area contributed by atoms with Gasteiger partial charge in [0.1, 0.15) is 0 Å². The van der Waals surface area contributed by atoms with Crippen LogP contribution in [0.1, 0.15) is 24.2 Å². The summed E-state index contributed by atoms with van der Waals surface area (Å²) in [6.45, 7) is 7.16. The molecule has 1 aromatic heterocycles. The van der Waals surface area contributed by atoms with E-state index in [1.807, 2.05) is 13.8 Å². The van der Waals surface area contributed by atoms with E-state index in [1.54, 1.807) is 17.1 Å². The molecular formula is C10H18N4O. The van der Waals surface area contributed by atoms with Crippen molar-refractivity contribution in [1.29, 1.82) is 0 Å². The predicted molar refractivity (Wildman–Crippen MR) is 58.8 cm³/mol. The van der Waals surface area contributed by atoms with E-state index in [-0.39, 0.29) is 5.91 Å². The average molecular weight is 210 g/mol. The molecule has 0 aliphatic carbocycles. The second-order valence-electron chi connectivity index (χ2n) is 3.19. The Balaban J connectivity index is 2.33. The van der Waals surface area contributed by atoms with Crippen molar-refractivity contribution in [2.45, 2.75) is 20.4 Å². The van der Waals surface area contributed by atoms with Crippen LogP contribution in [0.5, 0.6) is 0 Å². The summed E-state index contributed by atoms with van der Waals surface area (Å²) < 4.78 is 1.74. The largest absolute Gasteiger partial charge is 0.351 e. The van der Waals surface area contributed by atoms with Gasteiger partial charge in [-0.25, -0.2) is 0 Å². The molecule has 0 bridgehead atoms. The Morgan fingerprint density at radius 2 is 2.27 bits per heavy atom. The smallest absolute Gasteiger partial charge is 0.254 e. The van der Waals surface area contributed by atoms with E-state index < -0.39 is 0 Å². The summed E-state index contributed by atoms with van der Waals surface area (Å²) in [5, 5.41) is 9.99. The summed E-state index contributed by atoms with van der Waals surface area (Å²) in [4.78, 5) is 11.5. The van der Waals surface area contributed by atoms with E-state index in [9.17, 15) is 4.79 Å². The molecule has 1 amide bonds. The third kappa shape index (κ3) is 3.71. The number of likely N-dealkylation sites (N-methyl/N-ethyl adjacent to an activating group) is 1. The first-order valence-electron chi connectivity index (χ1n) is 5.29. The number of carbonyl (C=O) groups is 1. The minimum atomic E-state index is -0.0624. The molecule has 0 saturated carbocycles. The van der Waals surface area contributed by atoms with Crippen LogP contribution in [0.3, 0.4) is 0 Å². The first-order chi connectivity index (χ1) is 7.27. The van der Waals surface area contributed by atoms with Gasteiger partial charge in [0.25, 0.3) is 5.91 Å². The Labute approximate surface area is 89.9 Å². The molecule has 0 aromatic carbocycles. The van der Waals surface area contributed by atoms with E-state index in [2.05, 4.69) is 15.7 Å². The van der Waals surface area contributed by atoms with Crippen LogP contribution >= 0.6 is 0 Å². The van der Waals surface area contributed by atoms with E-state index in [4.69, 9.17) is 0 Å². The van der Waals surface area contributed by atoms with Crippen LogP contribution in [0.2, 0.25) is 0 Å². The van der Waals surface area contributed by atoms with Crippen molar-refractivity contribution in [3.63, 3.8) is 0 Å². The van der Waals surface area contributed by atoms with Crippen LogP contribution < -0.4 is 10.6 Å². The van der Waals surface area contributed by atoms with Gasteiger partial charge in [-0.05, 0) is 13.5 Å². The first kappa shape index (κ1) is 11.7. The summed E-state index contributed by atoms with van der Waals surface area (Å²) in [5.41, 5.74) is 0.619. The Kier molecular flexibility index (Phi) is 4.83. The van der Waals surface area contributed by atoms with Gasteiger partial charge in [-0.2, -0.15) is 5.10 Å². The Morgan fingerprint density at radius 1 is 1.47 bits per heavy atom. The van der Waals surface area contributed by atoms with Crippen molar-refractivity contribution in [3.05, 3.63) is 18.0 Å². The Bertz CT molecular complexity index is 308. The molecule has 0 aliphatic rings. The maximum absolute atomic E-state index is 11.5. The van der Waals surface area contributed by atoms with Crippen LogP contribution in [-0.4, -0.2) is 35.3 Å². The standard InChI is InChI=1S/C10H18N4O/c1-3-11-5-6-12-10(15)9-7-13-14(4-2)8-9/h7-8,11H,3-6H2,1-2H3,(H,12,15). The van der Waals surface area contributed by atoms with Gasteiger partial charge in [0, 0.05) is 25.8 Å². The lowest BCUT2D eigenvalue weighted by Crippen LogP contribution is -2.31. The molecule has 0 radical (unpaired) electrons. The Hall–Kier alpha value is -1.36. The highest BCUT2D eigenvalue weighted by Crippen LogP contribution is 1.96. The van der Waals surface area contributed by atoms with Crippen molar-refractivity contribution >= 4 is 5.91 Å². The lowest BCUT2D eigenvalue weighted by Gasteiger charge is -2.03. The molecule has 0 saturated heterocycles. The maximum atomic E-state index is 11.5. The van der Waals surface area contributed by atoms with Crippen LogP contribution in [0.4, 0.5) is 0 Å². The molecule has 0 atom stereocenters. The molecule has 1 heterocycles. The van der Waals surface area contributed by atoms with Gasteiger partial charge >= 0.3 is 0 Å². The zero-order chi connectivity index (χ0) is 11.1. The molecule has 1 rings (SSSR count). The lowest BCUT2D eigenvalue weighted by atomic mass is 10.3. The number of carbonyl (C=O) groups excluding carboxylic acids is 1. The number of hydrogen-bond donors (Lipinski definition) is 2. The third-order valence-electron chi connectivity index (χ3n) is 2.06. The third-order valence-corrected chi connectivity index (χ3v) is 2.06. The summed E-state index contributed by atoms with van der Waals surface area (Å²) >= 11 is 0. The van der Waals surface area contributed by atoms with Crippen LogP contribution in [0.15, 0.2) is 12.4 Å². The van der Waals surface area contributed by atoms with Crippen LogP contribution in [0.25, 0.3) is 0 Å². The molecule has 84 valence electrons. The SMILES string of the molecule is CCNCCNC(=O)c1cnn(CC)c1. The molecule has 5 heteroatoms. The second kappa shape index (κ2) is 6.19. The summed E-state index contributed by atoms with van der Waals surface area (Å²) in [6, 6.07) is 0. The topological polar surface area (TPSA) is 58.9 Å². The first-order valence-corrected chi connectivity index (χ1v) is 5.29. The highest BCUT2D eigenvalue weighted by atomic mass is 16.1. The molecule has 1 aromatic rings. The van der Waals surface area contributed by atoms with E-state index in [1.165, 1.54) is 0 Å². The van der Waals surface area contributed by atoms with Gasteiger partial charge < -0.3 is 10.6 Å². The molecule has 15 heavy (non-hydrogen) atoms. The molecular weight excluding hydrogens is 192 g/mol. The second-order valence-corrected chi connectivity index (χ2v) is 3.19. The number of nitrogens with zero attached hydrogens (tertiary/aromatic N) is 2. The number of aryl methyl sites for hydroxylation is 1. The number of aromatic nitrogens is 2. The molecule has 0 spiro atoms. The van der Waals surface area contributed by atoms with E-state index in [0.29, 0.717) is 12.1 Å². The minimum absolute atomic E-state index is 0.0624. The normalized spacial score (nSPS) is 10.3. The van der Waals surface area contributed by atoms with E-state index in [0.717, 1.165) is 19.6 Å². The fourth-order valence-electron chi connectivity index (χ4n) is 1.20. The number of nitrogens with one attached hydrogen (secondary N) is 2. The van der Waals surface area contributed by atoms with Gasteiger partial charge in [0.2, 0.25) is 0 Å². The summed E-state index contributed by atoms with van der Waals surface area (Å²) in [6.07, 6.45) is 3.34. The number of rotatable bonds is 6. The van der Waals surface area contributed by atoms with Gasteiger partial charge in [-0.1, -0.05) is 6.92 Å². The van der Waals surface area contributed by atoms with Gasteiger partial charge in [0.05, 0.1) is 11.8 Å². The van der Waals surface area contributed by atoms with Crippen molar-refractivity contribution in [3.8, 4) is 0 Å². The number of amides is 1. The van der Waals surface area contributed by atoms with Crippen molar-refractivity contribution in [1.82, 2.24) is 20.4 Å². The fourth-order valence-corrected chi connectivity index (χ4v) is 1.20. The van der Waals surface area contributed by atoms with Crippen LogP contribution in [0, 0.1) is 0 Å². The lowest BCUT2D eigenvalue weighted by molar-refractivity contribution is 0.0954. The monoisotopic (exact) mass is 210 g/mol.